The molecule has 1 aliphatic rings. The van der Waals surface area contributed by atoms with E-state index in [1.165, 1.54) is 4.90 Å². The largest absolute Gasteiger partial charge is 0.507 e. The van der Waals surface area contributed by atoms with Gasteiger partial charge >= 0.3 is 0 Å². The van der Waals surface area contributed by atoms with Gasteiger partial charge in [0.2, 0.25) is 0 Å². The fraction of sp³-hybridized carbons (Fsp3) is 0.290. The average molecular weight is 500 g/mol. The third-order valence-electron chi connectivity index (χ3n) is 6.07. The number of amides is 1. The van der Waals surface area contributed by atoms with Crippen molar-refractivity contribution >= 4 is 23.1 Å². The van der Waals surface area contributed by atoms with Gasteiger partial charge in [-0.05, 0) is 80.3 Å². The molecule has 1 fully saturated rings. The van der Waals surface area contributed by atoms with Crippen molar-refractivity contribution in [3.8, 4) is 11.5 Å². The minimum atomic E-state index is -0.798. The first-order valence-corrected chi connectivity index (χ1v) is 12.5. The van der Waals surface area contributed by atoms with Gasteiger partial charge in [0.1, 0.15) is 17.3 Å². The van der Waals surface area contributed by atoms with E-state index in [4.69, 9.17) is 9.47 Å². The fourth-order valence-corrected chi connectivity index (χ4v) is 4.37. The first-order valence-electron chi connectivity index (χ1n) is 12.5. The van der Waals surface area contributed by atoms with Gasteiger partial charge in [0, 0.05) is 11.3 Å². The number of carbonyl (C=O) groups excluding carboxylic acids is 2. The zero-order valence-electron chi connectivity index (χ0n) is 21.9. The van der Waals surface area contributed by atoms with E-state index in [9.17, 15) is 14.7 Å². The smallest absolute Gasteiger partial charge is 0.300 e. The second-order valence-corrected chi connectivity index (χ2v) is 9.93. The summed E-state index contributed by atoms with van der Waals surface area (Å²) in [4.78, 5) is 28.1. The molecular formula is C31H33NO5. The highest BCUT2D eigenvalue weighted by atomic mass is 16.5. The number of anilines is 1. The number of ether oxygens (including phenoxy) is 2. The number of aliphatic hydroxyl groups excluding tert-OH is 1. The predicted octanol–water partition coefficient (Wildman–Crippen LogP) is 6.44. The van der Waals surface area contributed by atoms with Crippen molar-refractivity contribution in [3.63, 3.8) is 0 Å². The molecule has 1 amide bonds. The predicted molar refractivity (Wildman–Crippen MR) is 145 cm³/mol. The van der Waals surface area contributed by atoms with Crippen LogP contribution in [-0.2, 0) is 9.59 Å². The lowest BCUT2D eigenvalue weighted by atomic mass is 9.94. The Hall–Kier alpha value is -4.06. The molecule has 0 aliphatic carbocycles. The Morgan fingerprint density at radius 3 is 2.22 bits per heavy atom. The van der Waals surface area contributed by atoms with Crippen molar-refractivity contribution in [2.24, 2.45) is 5.92 Å². The molecule has 0 saturated carbocycles. The van der Waals surface area contributed by atoms with Crippen LogP contribution in [0.15, 0.2) is 78.4 Å². The number of aliphatic hydroxyl groups is 1. The standard InChI is InChI=1S/C31H33NO5/c1-19(2)18-36-26-16-13-23(17-21(26)5)29(33)27-28(22-11-14-25(15-12-22)37-20(3)4)32(31(35)30(27)34)24-9-7-6-8-10-24/h6-17,19-20,28,33H,18H2,1-5H3/b29-27-. The van der Waals surface area contributed by atoms with Crippen molar-refractivity contribution in [2.45, 2.75) is 46.8 Å². The van der Waals surface area contributed by atoms with E-state index in [1.54, 1.807) is 30.3 Å². The number of nitrogens with zero attached hydrogens (tertiary/aromatic N) is 1. The minimum absolute atomic E-state index is 0.0107. The van der Waals surface area contributed by atoms with Crippen LogP contribution in [0.1, 0.15) is 50.4 Å². The molecule has 4 rings (SSSR count). The Labute approximate surface area is 218 Å². The molecule has 1 atom stereocenters. The average Bonchev–Trinajstić information content (AvgIpc) is 3.13. The number of hydrogen-bond donors (Lipinski definition) is 1. The first-order chi connectivity index (χ1) is 17.7. The van der Waals surface area contributed by atoms with Crippen LogP contribution in [0, 0.1) is 12.8 Å². The summed E-state index contributed by atoms with van der Waals surface area (Å²) < 4.78 is 11.6. The molecule has 1 heterocycles. The molecule has 37 heavy (non-hydrogen) atoms. The van der Waals surface area contributed by atoms with E-state index in [2.05, 4.69) is 13.8 Å². The molecule has 0 spiro atoms. The van der Waals surface area contributed by atoms with Gasteiger partial charge in [0.15, 0.2) is 0 Å². The highest BCUT2D eigenvalue weighted by Gasteiger charge is 2.47. The number of aryl methyl sites for hydroxylation is 1. The van der Waals surface area contributed by atoms with Crippen LogP contribution in [0.3, 0.4) is 0 Å². The maximum Gasteiger partial charge on any atom is 0.300 e. The van der Waals surface area contributed by atoms with Crippen molar-refractivity contribution in [1.29, 1.82) is 0 Å². The van der Waals surface area contributed by atoms with Gasteiger partial charge in [-0.25, -0.2) is 0 Å². The third kappa shape index (κ3) is 5.53. The molecule has 6 nitrogen and oxygen atoms in total. The van der Waals surface area contributed by atoms with Gasteiger partial charge in [-0.15, -0.1) is 0 Å². The van der Waals surface area contributed by atoms with E-state index < -0.39 is 17.7 Å². The first kappa shape index (κ1) is 26.0. The van der Waals surface area contributed by atoms with Crippen LogP contribution in [0.25, 0.3) is 5.76 Å². The van der Waals surface area contributed by atoms with Crippen molar-refractivity contribution in [3.05, 3.63) is 95.1 Å². The van der Waals surface area contributed by atoms with Crippen LogP contribution in [0.2, 0.25) is 0 Å². The van der Waals surface area contributed by atoms with Gasteiger partial charge in [0.05, 0.1) is 24.3 Å². The number of carbonyl (C=O) groups is 2. The quantitative estimate of drug-likeness (QED) is 0.219. The number of para-hydroxylation sites is 1. The van der Waals surface area contributed by atoms with Crippen LogP contribution < -0.4 is 14.4 Å². The molecule has 6 heteroatoms. The summed E-state index contributed by atoms with van der Waals surface area (Å²) in [5, 5.41) is 11.4. The third-order valence-corrected chi connectivity index (χ3v) is 6.07. The molecule has 3 aromatic carbocycles. The summed E-state index contributed by atoms with van der Waals surface area (Å²) >= 11 is 0. The lowest BCUT2D eigenvalue weighted by molar-refractivity contribution is -0.132. The maximum atomic E-state index is 13.4. The number of hydrogen-bond acceptors (Lipinski definition) is 5. The van der Waals surface area contributed by atoms with Crippen molar-refractivity contribution in [1.82, 2.24) is 0 Å². The van der Waals surface area contributed by atoms with Crippen LogP contribution >= 0.6 is 0 Å². The van der Waals surface area contributed by atoms with Gasteiger partial charge in [-0.3, -0.25) is 14.5 Å². The molecule has 3 aromatic rings. The minimum Gasteiger partial charge on any atom is -0.507 e. The van der Waals surface area contributed by atoms with Gasteiger partial charge in [-0.1, -0.05) is 44.2 Å². The van der Waals surface area contributed by atoms with Gasteiger partial charge < -0.3 is 14.6 Å². The van der Waals surface area contributed by atoms with Gasteiger partial charge in [-0.2, -0.15) is 0 Å². The molecule has 1 aliphatic heterocycles. The Kier molecular flexibility index (Phi) is 7.67. The highest BCUT2D eigenvalue weighted by Crippen LogP contribution is 2.42. The molecule has 0 radical (unpaired) electrons. The van der Waals surface area contributed by atoms with Crippen molar-refractivity contribution in [2.75, 3.05) is 11.5 Å². The number of Topliss-reactive ketones (excluding diaryl/α,β-unsaturated/α-hetero) is 1. The Bertz CT molecular complexity index is 1310. The Morgan fingerprint density at radius 1 is 0.946 bits per heavy atom. The summed E-state index contributed by atoms with van der Waals surface area (Å²) in [6, 6.07) is 20.8. The lowest BCUT2D eigenvalue weighted by Gasteiger charge is -2.25. The molecule has 1 unspecified atom stereocenters. The SMILES string of the molecule is Cc1cc(/C(O)=C2/C(=O)C(=O)N(c3ccccc3)C2c2ccc(OC(C)C)cc2)ccc1OCC(C)C. The van der Waals surface area contributed by atoms with Gasteiger partial charge in [0.25, 0.3) is 11.7 Å². The summed E-state index contributed by atoms with van der Waals surface area (Å²) in [6.45, 7) is 10.5. The molecule has 192 valence electrons. The van der Waals surface area contributed by atoms with E-state index in [-0.39, 0.29) is 17.4 Å². The highest BCUT2D eigenvalue weighted by molar-refractivity contribution is 6.51. The molecular weight excluding hydrogens is 466 g/mol. The lowest BCUT2D eigenvalue weighted by Crippen LogP contribution is -2.29. The van der Waals surface area contributed by atoms with E-state index in [0.717, 1.165) is 5.56 Å². The maximum absolute atomic E-state index is 13.4. The topological polar surface area (TPSA) is 76.1 Å². The number of ketones is 1. The number of benzene rings is 3. The normalized spacial score (nSPS) is 17.1. The summed E-state index contributed by atoms with van der Waals surface area (Å²) in [5.41, 5.74) is 2.58. The molecule has 0 aromatic heterocycles. The van der Waals surface area contributed by atoms with Crippen molar-refractivity contribution < 1.29 is 24.2 Å². The van der Waals surface area contributed by atoms with E-state index >= 15 is 0 Å². The van der Waals surface area contributed by atoms with E-state index in [0.29, 0.717) is 40.8 Å². The fourth-order valence-electron chi connectivity index (χ4n) is 4.37. The van der Waals surface area contributed by atoms with Crippen LogP contribution in [-0.4, -0.2) is 29.5 Å². The van der Waals surface area contributed by atoms with E-state index in [1.807, 2.05) is 63.2 Å². The summed E-state index contributed by atoms with van der Waals surface area (Å²) in [5.74, 6) is 0.136. The zero-order valence-corrected chi connectivity index (χ0v) is 21.9. The number of rotatable bonds is 8. The molecule has 1 saturated heterocycles. The molecule has 0 bridgehead atoms. The summed E-state index contributed by atoms with van der Waals surface area (Å²) in [6.07, 6.45) is 0.0107. The summed E-state index contributed by atoms with van der Waals surface area (Å²) in [7, 11) is 0. The Balaban J connectivity index is 1.81. The molecule has 1 N–H and O–H groups in total. The second-order valence-electron chi connectivity index (χ2n) is 9.93. The zero-order chi connectivity index (χ0) is 26.7. The second kappa shape index (κ2) is 10.9. The van der Waals surface area contributed by atoms with Crippen LogP contribution in [0.5, 0.6) is 11.5 Å². The van der Waals surface area contributed by atoms with Crippen LogP contribution in [0.4, 0.5) is 5.69 Å². The monoisotopic (exact) mass is 499 g/mol. The Morgan fingerprint density at radius 2 is 1.62 bits per heavy atom.